The number of carbonyl (C=O) groups is 1. The van der Waals surface area contributed by atoms with Crippen LogP contribution in [0, 0.1) is 6.92 Å². The van der Waals surface area contributed by atoms with E-state index in [1.54, 1.807) is 0 Å². The molecule has 0 spiro atoms. The highest BCUT2D eigenvalue weighted by atomic mass is 16.6. The van der Waals surface area contributed by atoms with Crippen LogP contribution in [0.1, 0.15) is 27.6 Å². The number of ketones is 1. The lowest BCUT2D eigenvalue weighted by molar-refractivity contribution is 0.0953. The molecule has 1 fully saturated rings. The Labute approximate surface area is 106 Å². The van der Waals surface area contributed by atoms with Crippen molar-refractivity contribution in [2.75, 3.05) is 0 Å². The van der Waals surface area contributed by atoms with Crippen molar-refractivity contribution in [2.24, 2.45) is 0 Å². The maximum Gasteiger partial charge on any atom is 0.194 e. The van der Waals surface area contributed by atoms with Gasteiger partial charge in [0.1, 0.15) is 6.10 Å². The highest BCUT2D eigenvalue weighted by molar-refractivity contribution is 6.01. The molecule has 0 saturated carbocycles. The van der Waals surface area contributed by atoms with Gasteiger partial charge >= 0.3 is 0 Å². The van der Waals surface area contributed by atoms with Gasteiger partial charge in [0.2, 0.25) is 0 Å². The standard InChI is InChI=1S/C16H14O2/c1-11-7-9-12(10-8-11)14(17)16-15(18-16)13-5-3-2-4-6-13/h2-10,15-16H,1H3/t15-,16-/m0/s1. The Morgan fingerprint density at radius 2 is 1.67 bits per heavy atom. The molecule has 2 heteroatoms. The second kappa shape index (κ2) is 4.39. The van der Waals surface area contributed by atoms with Crippen molar-refractivity contribution in [3.63, 3.8) is 0 Å². The summed E-state index contributed by atoms with van der Waals surface area (Å²) in [5.74, 6) is 0.0730. The minimum atomic E-state index is -0.310. The first kappa shape index (κ1) is 11.2. The summed E-state index contributed by atoms with van der Waals surface area (Å²) < 4.78 is 5.50. The molecule has 1 heterocycles. The maximum atomic E-state index is 12.2. The largest absolute Gasteiger partial charge is 0.356 e. The van der Waals surface area contributed by atoms with Crippen molar-refractivity contribution in [2.45, 2.75) is 19.1 Å². The van der Waals surface area contributed by atoms with Crippen molar-refractivity contribution < 1.29 is 9.53 Å². The van der Waals surface area contributed by atoms with Gasteiger partial charge in [-0.1, -0.05) is 60.2 Å². The Morgan fingerprint density at radius 3 is 2.33 bits per heavy atom. The third-order valence-electron chi connectivity index (χ3n) is 3.21. The predicted octanol–water partition coefficient (Wildman–Crippen LogP) is 3.32. The first-order chi connectivity index (χ1) is 8.75. The van der Waals surface area contributed by atoms with Gasteiger partial charge in [-0.05, 0) is 12.5 Å². The number of carbonyl (C=O) groups excluding carboxylic acids is 1. The quantitative estimate of drug-likeness (QED) is 0.606. The van der Waals surface area contributed by atoms with Crippen LogP contribution in [0.25, 0.3) is 0 Å². The van der Waals surface area contributed by atoms with Crippen molar-refractivity contribution in [1.82, 2.24) is 0 Å². The number of hydrogen-bond acceptors (Lipinski definition) is 2. The fourth-order valence-electron chi connectivity index (χ4n) is 2.09. The van der Waals surface area contributed by atoms with E-state index in [1.165, 1.54) is 0 Å². The number of rotatable bonds is 3. The van der Waals surface area contributed by atoms with Gasteiger partial charge in [0, 0.05) is 5.56 Å². The van der Waals surface area contributed by atoms with Crippen LogP contribution in [-0.2, 0) is 4.74 Å². The van der Waals surface area contributed by atoms with Crippen LogP contribution >= 0.6 is 0 Å². The second-order valence-electron chi connectivity index (χ2n) is 4.62. The highest BCUT2D eigenvalue weighted by Crippen LogP contribution is 2.40. The Morgan fingerprint density at radius 1 is 1.00 bits per heavy atom. The number of aryl methyl sites for hydroxylation is 1. The summed E-state index contributed by atoms with van der Waals surface area (Å²) in [6, 6.07) is 17.5. The van der Waals surface area contributed by atoms with Gasteiger partial charge in [0.25, 0.3) is 0 Å². The molecule has 0 bridgehead atoms. The molecule has 1 saturated heterocycles. The number of benzene rings is 2. The van der Waals surface area contributed by atoms with Crippen molar-refractivity contribution >= 4 is 5.78 Å². The van der Waals surface area contributed by atoms with Gasteiger partial charge < -0.3 is 4.74 Å². The van der Waals surface area contributed by atoms with Gasteiger partial charge in [0.15, 0.2) is 11.9 Å². The first-order valence-electron chi connectivity index (χ1n) is 6.07. The third kappa shape index (κ3) is 2.07. The topological polar surface area (TPSA) is 29.6 Å². The molecule has 0 aromatic heterocycles. The molecular formula is C16H14O2. The summed E-state index contributed by atoms with van der Waals surface area (Å²) in [5.41, 5.74) is 2.95. The molecule has 1 aliphatic rings. The summed E-state index contributed by atoms with van der Waals surface area (Å²) in [5, 5.41) is 0. The summed E-state index contributed by atoms with van der Waals surface area (Å²) in [6.45, 7) is 2.01. The molecule has 3 rings (SSSR count). The van der Waals surface area contributed by atoms with Crippen LogP contribution in [0.15, 0.2) is 54.6 Å². The molecule has 0 radical (unpaired) electrons. The molecule has 2 nitrogen and oxygen atoms in total. The van der Waals surface area contributed by atoms with E-state index in [9.17, 15) is 4.79 Å². The van der Waals surface area contributed by atoms with Crippen LogP contribution in [0.5, 0.6) is 0 Å². The number of ether oxygens (including phenoxy) is 1. The molecule has 0 aliphatic carbocycles. The van der Waals surface area contributed by atoms with Gasteiger partial charge in [-0.15, -0.1) is 0 Å². The van der Waals surface area contributed by atoms with Crippen LogP contribution in [0.3, 0.4) is 0 Å². The van der Waals surface area contributed by atoms with Gasteiger partial charge in [-0.25, -0.2) is 0 Å². The normalized spacial score (nSPS) is 21.6. The maximum absolute atomic E-state index is 12.2. The van der Waals surface area contributed by atoms with E-state index in [2.05, 4.69) is 0 Å². The van der Waals surface area contributed by atoms with Gasteiger partial charge in [-0.2, -0.15) is 0 Å². The average Bonchev–Trinajstić information content (AvgIpc) is 3.20. The lowest BCUT2D eigenvalue weighted by Crippen LogP contribution is -2.08. The molecule has 0 amide bonds. The van der Waals surface area contributed by atoms with E-state index in [0.717, 1.165) is 16.7 Å². The lowest BCUT2D eigenvalue weighted by atomic mass is 10.0. The minimum absolute atomic E-state index is 0.0694. The Balaban J connectivity index is 1.75. The summed E-state index contributed by atoms with van der Waals surface area (Å²) in [7, 11) is 0. The first-order valence-corrected chi connectivity index (χ1v) is 6.07. The smallest absolute Gasteiger partial charge is 0.194 e. The summed E-state index contributed by atoms with van der Waals surface area (Å²) in [4.78, 5) is 12.2. The van der Waals surface area contributed by atoms with E-state index < -0.39 is 0 Å². The number of epoxide rings is 1. The number of Topliss-reactive ketones (excluding diaryl/α,β-unsaturated/α-hetero) is 1. The predicted molar refractivity (Wildman–Crippen MR) is 69.6 cm³/mol. The Hall–Kier alpha value is -1.93. The van der Waals surface area contributed by atoms with Crippen molar-refractivity contribution in [3.8, 4) is 0 Å². The van der Waals surface area contributed by atoms with E-state index in [-0.39, 0.29) is 18.0 Å². The highest BCUT2D eigenvalue weighted by Gasteiger charge is 2.45. The molecule has 2 atom stereocenters. The Kier molecular flexibility index (Phi) is 2.73. The minimum Gasteiger partial charge on any atom is -0.356 e. The van der Waals surface area contributed by atoms with Crippen LogP contribution < -0.4 is 0 Å². The lowest BCUT2D eigenvalue weighted by Gasteiger charge is -1.98. The third-order valence-corrected chi connectivity index (χ3v) is 3.21. The zero-order valence-corrected chi connectivity index (χ0v) is 10.2. The summed E-state index contributed by atoms with van der Waals surface area (Å²) >= 11 is 0. The van der Waals surface area contributed by atoms with E-state index in [0.29, 0.717) is 0 Å². The number of hydrogen-bond donors (Lipinski definition) is 0. The average molecular weight is 238 g/mol. The van der Waals surface area contributed by atoms with Gasteiger partial charge in [0.05, 0.1) is 0 Å². The van der Waals surface area contributed by atoms with E-state index >= 15 is 0 Å². The van der Waals surface area contributed by atoms with Crippen LogP contribution in [-0.4, -0.2) is 11.9 Å². The fourth-order valence-corrected chi connectivity index (χ4v) is 2.09. The molecular weight excluding hydrogens is 224 g/mol. The second-order valence-corrected chi connectivity index (χ2v) is 4.62. The molecule has 18 heavy (non-hydrogen) atoms. The van der Waals surface area contributed by atoms with E-state index in [1.807, 2.05) is 61.5 Å². The molecule has 1 aliphatic heterocycles. The van der Waals surface area contributed by atoms with Crippen LogP contribution in [0.4, 0.5) is 0 Å². The van der Waals surface area contributed by atoms with E-state index in [4.69, 9.17) is 4.74 Å². The molecule has 0 unspecified atom stereocenters. The molecule has 90 valence electrons. The van der Waals surface area contributed by atoms with Crippen molar-refractivity contribution in [1.29, 1.82) is 0 Å². The van der Waals surface area contributed by atoms with Crippen molar-refractivity contribution in [3.05, 3.63) is 71.3 Å². The zero-order valence-electron chi connectivity index (χ0n) is 10.2. The van der Waals surface area contributed by atoms with Gasteiger partial charge in [-0.3, -0.25) is 4.79 Å². The zero-order chi connectivity index (χ0) is 12.5. The van der Waals surface area contributed by atoms with Crippen LogP contribution in [0.2, 0.25) is 0 Å². The molecule has 2 aromatic carbocycles. The summed E-state index contributed by atoms with van der Waals surface area (Å²) in [6.07, 6.45) is -0.380. The Bertz CT molecular complexity index is 557. The molecule has 0 N–H and O–H groups in total. The SMILES string of the molecule is Cc1ccc(C(=O)[C@@H]2O[C@H]2c2ccccc2)cc1. The molecule has 2 aromatic rings. The monoisotopic (exact) mass is 238 g/mol. The fraction of sp³-hybridized carbons (Fsp3) is 0.188.